The zero-order chi connectivity index (χ0) is 18.3. The molecule has 1 aromatic carbocycles. The van der Waals surface area contributed by atoms with Crippen LogP contribution in [0.2, 0.25) is 0 Å². The third-order valence-corrected chi connectivity index (χ3v) is 5.66. The average molecular weight is 350 g/mol. The van der Waals surface area contributed by atoms with E-state index in [2.05, 4.69) is 42.1 Å². The fraction of sp³-hybridized carbons (Fsp3) is 0.429. The molecule has 136 valence electrons. The first-order valence-corrected chi connectivity index (χ1v) is 9.47. The SMILES string of the molecule is CCn1nc(C)c(CCC(=O)N2CCc3[nH]c4ccccc4c3C2)c1C. The van der Waals surface area contributed by atoms with E-state index in [0.717, 1.165) is 31.6 Å². The normalized spacial score (nSPS) is 14.0. The maximum absolute atomic E-state index is 12.8. The molecule has 4 rings (SSSR count). The van der Waals surface area contributed by atoms with Crippen LogP contribution < -0.4 is 0 Å². The molecule has 1 aliphatic heterocycles. The van der Waals surface area contributed by atoms with Gasteiger partial charge in [0, 0.05) is 60.3 Å². The second kappa shape index (κ2) is 6.63. The first-order chi connectivity index (χ1) is 12.6. The summed E-state index contributed by atoms with van der Waals surface area (Å²) < 4.78 is 2.02. The molecule has 0 bridgehead atoms. The number of nitrogens with zero attached hydrogens (tertiary/aromatic N) is 3. The summed E-state index contributed by atoms with van der Waals surface area (Å²) in [7, 11) is 0. The second-order valence-electron chi connectivity index (χ2n) is 7.16. The number of fused-ring (bicyclic) bond motifs is 3. The number of para-hydroxylation sites is 1. The summed E-state index contributed by atoms with van der Waals surface area (Å²) in [5.41, 5.74) is 7.21. The molecule has 5 nitrogen and oxygen atoms in total. The van der Waals surface area contributed by atoms with Crippen LogP contribution in [0.15, 0.2) is 24.3 Å². The zero-order valence-corrected chi connectivity index (χ0v) is 15.8. The van der Waals surface area contributed by atoms with Gasteiger partial charge in [0.2, 0.25) is 5.91 Å². The van der Waals surface area contributed by atoms with Crippen molar-refractivity contribution in [2.24, 2.45) is 0 Å². The zero-order valence-electron chi connectivity index (χ0n) is 15.8. The molecule has 2 aromatic heterocycles. The summed E-state index contributed by atoms with van der Waals surface area (Å²) in [5.74, 6) is 0.240. The summed E-state index contributed by atoms with van der Waals surface area (Å²) >= 11 is 0. The minimum atomic E-state index is 0.240. The Kier molecular flexibility index (Phi) is 4.31. The van der Waals surface area contributed by atoms with Crippen LogP contribution in [0, 0.1) is 13.8 Å². The lowest BCUT2D eigenvalue weighted by atomic mass is 10.0. The van der Waals surface area contributed by atoms with E-state index in [9.17, 15) is 4.79 Å². The van der Waals surface area contributed by atoms with Crippen LogP contribution >= 0.6 is 0 Å². The first-order valence-electron chi connectivity index (χ1n) is 9.47. The van der Waals surface area contributed by atoms with Gasteiger partial charge >= 0.3 is 0 Å². The molecule has 0 atom stereocenters. The van der Waals surface area contributed by atoms with Crippen molar-refractivity contribution in [2.75, 3.05) is 6.54 Å². The molecule has 0 spiro atoms. The predicted octanol–water partition coefficient (Wildman–Crippen LogP) is 3.52. The number of benzene rings is 1. The van der Waals surface area contributed by atoms with Crippen LogP contribution in [-0.2, 0) is 30.7 Å². The highest BCUT2D eigenvalue weighted by molar-refractivity contribution is 5.86. The van der Waals surface area contributed by atoms with Crippen molar-refractivity contribution in [2.45, 2.75) is 53.1 Å². The number of carbonyl (C=O) groups excluding carboxylic acids is 1. The fourth-order valence-electron chi connectivity index (χ4n) is 4.17. The molecule has 3 heterocycles. The average Bonchev–Trinajstić information content (AvgIpc) is 3.16. The molecule has 1 aliphatic rings. The molecular formula is C21H26N4O. The lowest BCUT2D eigenvalue weighted by molar-refractivity contribution is -0.132. The number of rotatable bonds is 4. The van der Waals surface area contributed by atoms with Gasteiger partial charge in [-0.25, -0.2) is 0 Å². The molecule has 1 N–H and O–H groups in total. The largest absolute Gasteiger partial charge is 0.358 e. The highest BCUT2D eigenvalue weighted by Gasteiger charge is 2.24. The number of hydrogen-bond donors (Lipinski definition) is 1. The molecule has 0 aliphatic carbocycles. The van der Waals surface area contributed by atoms with Gasteiger partial charge in [-0.05, 0) is 38.8 Å². The third-order valence-electron chi connectivity index (χ3n) is 5.66. The first kappa shape index (κ1) is 16.9. The number of carbonyl (C=O) groups is 1. The number of H-pyrrole nitrogens is 1. The van der Waals surface area contributed by atoms with Crippen LogP contribution in [0.1, 0.15) is 41.6 Å². The van der Waals surface area contributed by atoms with Crippen molar-refractivity contribution in [1.29, 1.82) is 0 Å². The summed E-state index contributed by atoms with van der Waals surface area (Å²) in [6.07, 6.45) is 2.23. The molecule has 26 heavy (non-hydrogen) atoms. The van der Waals surface area contributed by atoms with Gasteiger partial charge < -0.3 is 9.88 Å². The molecule has 0 saturated heterocycles. The monoisotopic (exact) mass is 350 g/mol. The van der Waals surface area contributed by atoms with Crippen molar-refractivity contribution in [3.8, 4) is 0 Å². The molecular weight excluding hydrogens is 324 g/mol. The lowest BCUT2D eigenvalue weighted by Crippen LogP contribution is -2.35. The third kappa shape index (κ3) is 2.81. The topological polar surface area (TPSA) is 53.9 Å². The van der Waals surface area contributed by atoms with Crippen LogP contribution in [0.3, 0.4) is 0 Å². The Morgan fingerprint density at radius 2 is 2.08 bits per heavy atom. The Morgan fingerprint density at radius 1 is 1.27 bits per heavy atom. The molecule has 1 amide bonds. The van der Waals surface area contributed by atoms with Gasteiger partial charge in [-0.15, -0.1) is 0 Å². The lowest BCUT2D eigenvalue weighted by Gasteiger charge is -2.27. The number of amides is 1. The van der Waals surface area contributed by atoms with E-state index in [1.165, 1.54) is 33.4 Å². The number of aromatic nitrogens is 3. The highest BCUT2D eigenvalue weighted by atomic mass is 16.2. The Morgan fingerprint density at radius 3 is 2.85 bits per heavy atom. The standard InChI is InChI=1S/C21H26N4O/c1-4-25-15(3)16(14(2)23-25)9-10-21(26)24-12-11-20-18(13-24)17-7-5-6-8-19(17)22-20/h5-8,22H,4,9-13H2,1-3H3. The van der Waals surface area contributed by atoms with Gasteiger partial charge in [0.1, 0.15) is 0 Å². The van der Waals surface area contributed by atoms with E-state index < -0.39 is 0 Å². The van der Waals surface area contributed by atoms with Crippen molar-refractivity contribution in [3.63, 3.8) is 0 Å². The maximum Gasteiger partial charge on any atom is 0.223 e. The fourth-order valence-corrected chi connectivity index (χ4v) is 4.17. The number of aromatic amines is 1. The van der Waals surface area contributed by atoms with Crippen molar-refractivity contribution in [1.82, 2.24) is 19.7 Å². The van der Waals surface area contributed by atoms with Gasteiger partial charge in [-0.3, -0.25) is 9.48 Å². The van der Waals surface area contributed by atoms with Gasteiger partial charge in [-0.2, -0.15) is 5.10 Å². The van der Waals surface area contributed by atoms with E-state index in [1.807, 2.05) is 22.6 Å². The Balaban J connectivity index is 1.47. The maximum atomic E-state index is 12.8. The Hall–Kier alpha value is -2.56. The van der Waals surface area contributed by atoms with Gasteiger partial charge in [0.05, 0.1) is 5.69 Å². The second-order valence-corrected chi connectivity index (χ2v) is 7.16. The van der Waals surface area contributed by atoms with Crippen LogP contribution in [0.5, 0.6) is 0 Å². The number of nitrogens with one attached hydrogen (secondary N) is 1. The van der Waals surface area contributed by atoms with Crippen molar-refractivity contribution < 1.29 is 4.79 Å². The van der Waals surface area contributed by atoms with Gasteiger partial charge in [0.15, 0.2) is 0 Å². The summed E-state index contributed by atoms with van der Waals surface area (Å²) in [4.78, 5) is 18.3. The Bertz CT molecular complexity index is 966. The molecule has 0 radical (unpaired) electrons. The quantitative estimate of drug-likeness (QED) is 0.783. The van der Waals surface area contributed by atoms with Gasteiger partial charge in [0.25, 0.3) is 0 Å². The van der Waals surface area contributed by atoms with E-state index in [0.29, 0.717) is 13.0 Å². The Labute approximate surface area is 154 Å². The van der Waals surface area contributed by atoms with Crippen molar-refractivity contribution in [3.05, 3.63) is 52.5 Å². The van der Waals surface area contributed by atoms with E-state index in [-0.39, 0.29) is 5.91 Å². The van der Waals surface area contributed by atoms with Crippen LogP contribution in [0.25, 0.3) is 10.9 Å². The molecule has 5 heteroatoms. The molecule has 3 aromatic rings. The van der Waals surface area contributed by atoms with Crippen LogP contribution in [-0.4, -0.2) is 32.1 Å². The van der Waals surface area contributed by atoms with Gasteiger partial charge in [-0.1, -0.05) is 18.2 Å². The predicted molar refractivity (Wildman–Crippen MR) is 103 cm³/mol. The smallest absolute Gasteiger partial charge is 0.223 e. The summed E-state index contributed by atoms with van der Waals surface area (Å²) in [6.45, 7) is 8.62. The molecule has 0 fully saturated rings. The van der Waals surface area contributed by atoms with Crippen LogP contribution in [0.4, 0.5) is 0 Å². The van der Waals surface area contributed by atoms with E-state index >= 15 is 0 Å². The minimum Gasteiger partial charge on any atom is -0.358 e. The molecule has 0 unspecified atom stereocenters. The number of aryl methyl sites for hydroxylation is 2. The van der Waals surface area contributed by atoms with Crippen molar-refractivity contribution >= 4 is 16.8 Å². The van der Waals surface area contributed by atoms with E-state index in [4.69, 9.17) is 0 Å². The summed E-state index contributed by atoms with van der Waals surface area (Å²) in [5, 5.41) is 5.81. The molecule has 0 saturated carbocycles. The minimum absolute atomic E-state index is 0.240. The summed E-state index contributed by atoms with van der Waals surface area (Å²) in [6, 6.07) is 8.36. The number of hydrogen-bond acceptors (Lipinski definition) is 2. The van der Waals surface area contributed by atoms with E-state index in [1.54, 1.807) is 0 Å². The highest BCUT2D eigenvalue weighted by Crippen LogP contribution is 2.28.